The first-order valence-electron chi connectivity index (χ1n) is 8.55. The van der Waals surface area contributed by atoms with Crippen molar-refractivity contribution in [3.63, 3.8) is 0 Å². The number of nitrogens with zero attached hydrogens (tertiary/aromatic N) is 1. The second-order valence-electron chi connectivity index (χ2n) is 6.93. The summed E-state index contributed by atoms with van der Waals surface area (Å²) in [6.07, 6.45) is 2.99. The number of piperidine rings is 1. The van der Waals surface area contributed by atoms with Crippen LogP contribution in [0.5, 0.6) is 0 Å². The van der Waals surface area contributed by atoms with Gasteiger partial charge in [0, 0.05) is 13.0 Å². The fourth-order valence-electron chi connectivity index (χ4n) is 3.09. The molecule has 1 saturated heterocycles. The Morgan fingerprint density at radius 3 is 2.54 bits per heavy atom. The van der Waals surface area contributed by atoms with E-state index in [0.29, 0.717) is 0 Å². The van der Waals surface area contributed by atoms with Gasteiger partial charge in [-0.3, -0.25) is 4.79 Å². The van der Waals surface area contributed by atoms with Crippen LogP contribution in [0.3, 0.4) is 0 Å². The van der Waals surface area contributed by atoms with Crippen LogP contribution in [0.2, 0.25) is 0 Å². The number of thiazole rings is 1. The molecule has 0 radical (unpaired) electrons. The maximum Gasteiger partial charge on any atom is 0.263 e. The van der Waals surface area contributed by atoms with Crippen LogP contribution in [0.4, 0.5) is 0 Å². The highest BCUT2D eigenvalue weighted by Crippen LogP contribution is 2.27. The molecule has 4 nitrogen and oxygen atoms in total. The zero-order valence-electron chi connectivity index (χ0n) is 15.2. The average Bonchev–Trinajstić information content (AvgIpc) is 2.95. The summed E-state index contributed by atoms with van der Waals surface area (Å²) in [5.41, 5.74) is 2.26. The minimum Gasteiger partial charge on any atom is -0.351 e. The lowest BCUT2D eigenvalue weighted by Gasteiger charge is -2.34. The Morgan fingerprint density at radius 1 is 1.23 bits per heavy atom. The Kier molecular flexibility index (Phi) is 9.04. The Labute approximate surface area is 172 Å². The van der Waals surface area contributed by atoms with E-state index in [9.17, 15) is 4.79 Å². The van der Waals surface area contributed by atoms with Crippen LogP contribution in [-0.2, 0) is 6.42 Å². The van der Waals surface area contributed by atoms with Crippen molar-refractivity contribution >= 4 is 42.1 Å². The SMILES string of the molecule is Cc1nc(Cc2ccccc2)sc1C(=O)NCC1(C)CCNCC1.Cl.Cl. The van der Waals surface area contributed by atoms with Gasteiger partial charge in [0.25, 0.3) is 5.91 Å². The van der Waals surface area contributed by atoms with Gasteiger partial charge in [-0.15, -0.1) is 36.2 Å². The molecule has 1 aliphatic rings. The number of carbonyl (C=O) groups is 1. The summed E-state index contributed by atoms with van der Waals surface area (Å²) in [6, 6.07) is 10.3. The summed E-state index contributed by atoms with van der Waals surface area (Å²) in [5.74, 6) is 0.0177. The summed E-state index contributed by atoms with van der Waals surface area (Å²) < 4.78 is 0. The van der Waals surface area contributed by atoms with E-state index in [1.54, 1.807) is 0 Å². The molecule has 2 heterocycles. The Morgan fingerprint density at radius 2 is 1.88 bits per heavy atom. The van der Waals surface area contributed by atoms with Gasteiger partial charge in [0.15, 0.2) is 0 Å². The Balaban J connectivity index is 0.00000169. The van der Waals surface area contributed by atoms with Crippen LogP contribution < -0.4 is 10.6 Å². The molecule has 1 aromatic heterocycles. The summed E-state index contributed by atoms with van der Waals surface area (Å²) in [7, 11) is 0. The predicted molar refractivity (Wildman–Crippen MR) is 113 cm³/mol. The Bertz CT molecular complexity index is 700. The van der Waals surface area contributed by atoms with Crippen molar-refractivity contribution < 1.29 is 4.79 Å². The van der Waals surface area contributed by atoms with Crippen molar-refractivity contribution in [3.05, 3.63) is 51.5 Å². The standard InChI is InChI=1S/C19H25N3OS.2ClH/c1-14-17(18(23)21-13-19(2)8-10-20-11-9-19)24-16(22-14)12-15-6-4-3-5-7-15;;/h3-7,20H,8-13H2,1-2H3,(H,21,23);2*1H. The van der Waals surface area contributed by atoms with Crippen LogP contribution in [0.25, 0.3) is 0 Å². The third-order valence-electron chi connectivity index (χ3n) is 4.73. The van der Waals surface area contributed by atoms with Crippen molar-refractivity contribution in [2.45, 2.75) is 33.1 Å². The molecule has 0 saturated carbocycles. The highest BCUT2D eigenvalue weighted by Gasteiger charge is 2.27. The maximum atomic E-state index is 12.6. The van der Waals surface area contributed by atoms with Gasteiger partial charge < -0.3 is 10.6 Å². The van der Waals surface area contributed by atoms with E-state index in [1.807, 2.05) is 25.1 Å². The summed E-state index contributed by atoms with van der Waals surface area (Å²) >= 11 is 1.51. The van der Waals surface area contributed by atoms with Gasteiger partial charge in [-0.25, -0.2) is 4.98 Å². The van der Waals surface area contributed by atoms with Crippen LogP contribution >= 0.6 is 36.2 Å². The number of halogens is 2. The van der Waals surface area contributed by atoms with E-state index in [-0.39, 0.29) is 36.1 Å². The van der Waals surface area contributed by atoms with Crippen molar-refractivity contribution in [1.29, 1.82) is 0 Å². The maximum absolute atomic E-state index is 12.6. The molecule has 2 aromatic rings. The molecule has 0 bridgehead atoms. The first-order valence-corrected chi connectivity index (χ1v) is 9.37. The predicted octanol–water partition coefficient (Wildman–Crippen LogP) is 4.01. The van der Waals surface area contributed by atoms with Crippen LogP contribution in [0, 0.1) is 12.3 Å². The van der Waals surface area contributed by atoms with E-state index in [0.717, 1.165) is 54.5 Å². The van der Waals surface area contributed by atoms with Gasteiger partial charge in [-0.1, -0.05) is 37.3 Å². The quantitative estimate of drug-likeness (QED) is 0.775. The molecule has 1 aromatic carbocycles. The summed E-state index contributed by atoms with van der Waals surface area (Å²) in [4.78, 5) is 17.9. The number of aromatic nitrogens is 1. The summed E-state index contributed by atoms with van der Waals surface area (Å²) in [6.45, 7) is 6.99. The van der Waals surface area contributed by atoms with Gasteiger partial charge in [0.2, 0.25) is 0 Å². The number of hydrogen-bond acceptors (Lipinski definition) is 4. The first-order chi connectivity index (χ1) is 11.6. The van der Waals surface area contributed by atoms with E-state index < -0.39 is 0 Å². The number of benzene rings is 1. The smallest absolute Gasteiger partial charge is 0.263 e. The fourth-order valence-corrected chi connectivity index (χ4v) is 4.11. The van der Waals surface area contributed by atoms with Gasteiger partial charge >= 0.3 is 0 Å². The third kappa shape index (κ3) is 5.95. The molecule has 0 aliphatic carbocycles. The first kappa shape index (κ1) is 22.9. The largest absolute Gasteiger partial charge is 0.351 e. The average molecular weight is 416 g/mol. The topological polar surface area (TPSA) is 54.0 Å². The van der Waals surface area contributed by atoms with E-state index >= 15 is 0 Å². The molecule has 1 aliphatic heterocycles. The second-order valence-corrected chi connectivity index (χ2v) is 8.01. The normalized spacial score (nSPS) is 15.5. The second kappa shape index (κ2) is 10.3. The zero-order chi connectivity index (χ0) is 17.0. The zero-order valence-corrected chi connectivity index (χ0v) is 17.7. The molecular formula is C19H27Cl2N3OS. The lowest BCUT2D eigenvalue weighted by molar-refractivity contribution is 0.0925. The van der Waals surface area contributed by atoms with Crippen LogP contribution in [0.15, 0.2) is 30.3 Å². The number of rotatable bonds is 5. The van der Waals surface area contributed by atoms with E-state index in [1.165, 1.54) is 16.9 Å². The van der Waals surface area contributed by atoms with E-state index in [2.05, 4.69) is 34.7 Å². The summed E-state index contributed by atoms with van der Waals surface area (Å²) in [5, 5.41) is 7.50. The molecule has 7 heteroatoms. The minimum atomic E-state index is 0. The molecule has 26 heavy (non-hydrogen) atoms. The number of hydrogen-bond donors (Lipinski definition) is 2. The lowest BCUT2D eigenvalue weighted by atomic mass is 9.81. The van der Waals surface area contributed by atoms with Gasteiger partial charge in [0.05, 0.1) is 10.7 Å². The molecule has 144 valence electrons. The van der Waals surface area contributed by atoms with Gasteiger partial charge in [-0.05, 0) is 43.8 Å². The van der Waals surface area contributed by atoms with Crippen molar-refractivity contribution in [2.75, 3.05) is 19.6 Å². The van der Waals surface area contributed by atoms with Crippen molar-refractivity contribution in [3.8, 4) is 0 Å². The lowest BCUT2D eigenvalue weighted by Crippen LogP contribution is -2.42. The van der Waals surface area contributed by atoms with Gasteiger partial charge in [-0.2, -0.15) is 0 Å². The molecule has 3 rings (SSSR count). The highest BCUT2D eigenvalue weighted by atomic mass is 35.5. The minimum absolute atomic E-state index is 0. The van der Waals surface area contributed by atoms with Crippen LogP contribution in [-0.4, -0.2) is 30.5 Å². The van der Waals surface area contributed by atoms with Crippen LogP contribution in [0.1, 0.15) is 45.7 Å². The Hall–Kier alpha value is -1.14. The molecule has 0 unspecified atom stereocenters. The molecular weight excluding hydrogens is 389 g/mol. The van der Waals surface area contributed by atoms with Crippen molar-refractivity contribution in [1.82, 2.24) is 15.6 Å². The number of nitrogens with one attached hydrogen (secondary N) is 2. The molecule has 1 amide bonds. The molecule has 0 atom stereocenters. The molecule has 0 spiro atoms. The number of carbonyl (C=O) groups excluding carboxylic acids is 1. The highest BCUT2D eigenvalue weighted by molar-refractivity contribution is 7.13. The number of amides is 1. The monoisotopic (exact) mass is 415 g/mol. The van der Waals surface area contributed by atoms with E-state index in [4.69, 9.17) is 0 Å². The third-order valence-corrected chi connectivity index (χ3v) is 5.89. The van der Waals surface area contributed by atoms with Crippen molar-refractivity contribution in [2.24, 2.45) is 5.41 Å². The molecule has 1 fully saturated rings. The molecule has 2 N–H and O–H groups in total. The number of aryl methyl sites for hydroxylation is 1. The fraction of sp³-hybridized carbons (Fsp3) is 0.474. The van der Waals surface area contributed by atoms with Gasteiger partial charge in [0.1, 0.15) is 4.88 Å².